The van der Waals surface area contributed by atoms with Crippen LogP contribution in [0.5, 0.6) is 17.2 Å². The molecule has 0 heterocycles. The van der Waals surface area contributed by atoms with E-state index in [-0.39, 0.29) is 23.8 Å². The maximum absolute atomic E-state index is 12.5. The number of carbonyl (C=O) groups excluding carboxylic acids is 3. The number of methoxy groups -OCH3 is 2. The van der Waals surface area contributed by atoms with Gasteiger partial charge in [0, 0.05) is 20.2 Å². The number of ether oxygens (including phenoxy) is 4. The zero-order valence-electron chi connectivity index (χ0n) is 17.2. The molecule has 0 N–H and O–H groups in total. The second kappa shape index (κ2) is 10.7. The molecular weight excluding hydrogens is 390 g/mol. The number of esters is 2. The summed E-state index contributed by atoms with van der Waals surface area (Å²) in [5, 5.41) is 0. The van der Waals surface area contributed by atoms with Crippen molar-refractivity contribution in [3.8, 4) is 17.2 Å². The minimum atomic E-state index is -0.615. The lowest BCUT2D eigenvalue weighted by Gasteiger charge is -2.12. The first kappa shape index (κ1) is 22.5. The highest BCUT2D eigenvalue weighted by atomic mass is 16.6. The van der Waals surface area contributed by atoms with Gasteiger partial charge in [0.25, 0.3) is 5.91 Å². The van der Waals surface area contributed by atoms with Crippen LogP contribution in [0, 0.1) is 0 Å². The molecule has 0 bridgehead atoms. The van der Waals surface area contributed by atoms with Gasteiger partial charge in [-0.1, -0.05) is 12.1 Å². The molecule has 0 aliphatic rings. The maximum Gasteiger partial charge on any atom is 0.343 e. The van der Waals surface area contributed by atoms with Gasteiger partial charge in [-0.25, -0.2) is 9.59 Å². The molecule has 8 heteroatoms. The molecular formula is C22H23NO7. The third-order valence-corrected chi connectivity index (χ3v) is 3.93. The second-order valence-electron chi connectivity index (χ2n) is 6.26. The first-order valence-corrected chi connectivity index (χ1v) is 8.93. The number of carbonyl (C=O) groups is 3. The van der Waals surface area contributed by atoms with Crippen LogP contribution in [0.3, 0.4) is 0 Å². The summed E-state index contributed by atoms with van der Waals surface area (Å²) in [6, 6.07) is 11.2. The number of hydrogen-bond donors (Lipinski definition) is 0. The molecule has 0 saturated carbocycles. The van der Waals surface area contributed by atoms with Gasteiger partial charge < -0.3 is 23.8 Å². The van der Waals surface area contributed by atoms with Gasteiger partial charge >= 0.3 is 11.9 Å². The van der Waals surface area contributed by atoms with E-state index in [1.807, 2.05) is 0 Å². The van der Waals surface area contributed by atoms with Crippen LogP contribution >= 0.6 is 0 Å². The molecule has 158 valence electrons. The summed E-state index contributed by atoms with van der Waals surface area (Å²) in [7, 11) is 5.99. The van der Waals surface area contributed by atoms with E-state index < -0.39 is 11.9 Å². The van der Waals surface area contributed by atoms with Crippen molar-refractivity contribution < 1.29 is 33.3 Å². The van der Waals surface area contributed by atoms with Gasteiger partial charge in [-0.05, 0) is 42.0 Å². The van der Waals surface area contributed by atoms with Crippen LogP contribution in [0.25, 0.3) is 6.08 Å². The molecule has 0 aromatic heterocycles. The molecule has 0 unspecified atom stereocenters. The quantitative estimate of drug-likeness (QED) is 0.373. The Hall–Kier alpha value is -3.81. The first-order valence-electron chi connectivity index (χ1n) is 8.93. The van der Waals surface area contributed by atoms with Gasteiger partial charge in [-0.15, -0.1) is 0 Å². The highest BCUT2D eigenvalue weighted by Crippen LogP contribution is 2.29. The highest BCUT2D eigenvalue weighted by Gasteiger charge is 2.14. The van der Waals surface area contributed by atoms with Crippen molar-refractivity contribution in [1.29, 1.82) is 0 Å². The number of nitrogens with zero attached hydrogens (tertiary/aromatic N) is 1. The van der Waals surface area contributed by atoms with Crippen LogP contribution in [0.1, 0.15) is 15.9 Å². The molecule has 0 saturated heterocycles. The largest absolute Gasteiger partial charge is 0.493 e. The standard InChI is InChI=1S/C22H23NO7/c1-23(2)20(24)14-29-17-7-5-6-16(13-17)22(26)30-18-10-8-15(12-19(18)27-3)9-11-21(25)28-4/h5-13H,14H2,1-4H3/b11-9+. The van der Waals surface area contributed by atoms with E-state index in [0.717, 1.165) is 0 Å². The van der Waals surface area contributed by atoms with E-state index in [1.165, 1.54) is 31.3 Å². The lowest BCUT2D eigenvalue weighted by Crippen LogP contribution is -2.27. The molecule has 30 heavy (non-hydrogen) atoms. The molecule has 8 nitrogen and oxygen atoms in total. The zero-order chi connectivity index (χ0) is 22.1. The van der Waals surface area contributed by atoms with Gasteiger partial charge in [0.05, 0.1) is 19.8 Å². The Labute approximate surface area is 174 Å². The average Bonchev–Trinajstić information content (AvgIpc) is 2.76. The fourth-order valence-corrected chi connectivity index (χ4v) is 2.25. The number of benzene rings is 2. The minimum Gasteiger partial charge on any atom is -0.493 e. The molecule has 0 spiro atoms. The third kappa shape index (κ3) is 6.37. The van der Waals surface area contributed by atoms with Crippen molar-refractivity contribution in [1.82, 2.24) is 4.90 Å². The van der Waals surface area contributed by atoms with Crippen molar-refractivity contribution in [2.45, 2.75) is 0 Å². The maximum atomic E-state index is 12.5. The SMILES string of the molecule is COC(=O)/C=C/c1ccc(OC(=O)c2cccc(OCC(=O)N(C)C)c2)c(OC)c1. The molecule has 2 aromatic carbocycles. The van der Waals surface area contributed by atoms with E-state index in [4.69, 9.17) is 14.2 Å². The monoisotopic (exact) mass is 413 g/mol. The summed E-state index contributed by atoms with van der Waals surface area (Å²) in [5.41, 5.74) is 0.916. The van der Waals surface area contributed by atoms with Crippen molar-refractivity contribution >= 4 is 23.9 Å². The molecule has 0 radical (unpaired) electrons. The Morgan fingerprint density at radius 3 is 2.43 bits per heavy atom. The summed E-state index contributed by atoms with van der Waals surface area (Å²) in [5.74, 6) is -0.399. The Bertz CT molecular complexity index is 950. The summed E-state index contributed by atoms with van der Waals surface area (Å²) in [6.45, 7) is -0.139. The topological polar surface area (TPSA) is 91.4 Å². The van der Waals surface area contributed by atoms with Crippen molar-refractivity contribution in [2.75, 3.05) is 34.9 Å². The van der Waals surface area contributed by atoms with Crippen LogP contribution < -0.4 is 14.2 Å². The number of amides is 1. The first-order chi connectivity index (χ1) is 14.3. The number of hydrogen-bond acceptors (Lipinski definition) is 7. The van der Waals surface area contributed by atoms with E-state index in [9.17, 15) is 14.4 Å². The predicted octanol–water partition coefficient (Wildman–Crippen LogP) is 2.57. The van der Waals surface area contributed by atoms with Crippen molar-refractivity contribution in [2.24, 2.45) is 0 Å². The second-order valence-corrected chi connectivity index (χ2v) is 6.26. The summed E-state index contributed by atoms with van der Waals surface area (Å²) in [4.78, 5) is 36.8. The van der Waals surface area contributed by atoms with E-state index in [1.54, 1.807) is 56.6 Å². The van der Waals surface area contributed by atoms with Crippen LogP contribution in [0.2, 0.25) is 0 Å². The Balaban J connectivity index is 2.11. The molecule has 0 fully saturated rings. The predicted molar refractivity (Wildman–Crippen MR) is 110 cm³/mol. The fourth-order valence-electron chi connectivity index (χ4n) is 2.25. The van der Waals surface area contributed by atoms with Gasteiger partial charge in [0.1, 0.15) is 5.75 Å². The van der Waals surface area contributed by atoms with Crippen molar-refractivity contribution in [3.05, 3.63) is 59.7 Å². The third-order valence-electron chi connectivity index (χ3n) is 3.93. The minimum absolute atomic E-state index is 0.139. The smallest absolute Gasteiger partial charge is 0.343 e. The summed E-state index contributed by atoms with van der Waals surface area (Å²) >= 11 is 0. The summed E-state index contributed by atoms with van der Waals surface area (Å²) in [6.07, 6.45) is 2.82. The number of likely N-dealkylation sites (N-methyl/N-ethyl adjacent to an activating group) is 1. The van der Waals surface area contributed by atoms with E-state index in [0.29, 0.717) is 17.1 Å². The fraction of sp³-hybridized carbons (Fsp3) is 0.227. The molecule has 2 aromatic rings. The number of rotatable bonds is 8. The molecule has 0 aliphatic carbocycles. The summed E-state index contributed by atoms with van der Waals surface area (Å²) < 4.78 is 20.7. The Morgan fingerprint density at radius 1 is 1.00 bits per heavy atom. The molecule has 0 aliphatic heterocycles. The van der Waals surface area contributed by atoms with E-state index in [2.05, 4.69) is 4.74 Å². The van der Waals surface area contributed by atoms with Crippen LogP contribution in [-0.2, 0) is 14.3 Å². The zero-order valence-corrected chi connectivity index (χ0v) is 17.2. The van der Waals surface area contributed by atoms with Gasteiger partial charge in [-0.2, -0.15) is 0 Å². The molecule has 1 amide bonds. The average molecular weight is 413 g/mol. The van der Waals surface area contributed by atoms with Crippen LogP contribution in [-0.4, -0.2) is 57.7 Å². The van der Waals surface area contributed by atoms with E-state index >= 15 is 0 Å². The van der Waals surface area contributed by atoms with Gasteiger partial charge in [-0.3, -0.25) is 4.79 Å². The Kier molecular flexibility index (Phi) is 7.99. The highest BCUT2D eigenvalue weighted by molar-refractivity contribution is 5.92. The normalized spacial score (nSPS) is 10.4. The lowest BCUT2D eigenvalue weighted by molar-refractivity contribution is -0.134. The van der Waals surface area contributed by atoms with Crippen LogP contribution in [0.15, 0.2) is 48.5 Å². The van der Waals surface area contributed by atoms with Crippen molar-refractivity contribution in [3.63, 3.8) is 0 Å². The van der Waals surface area contributed by atoms with Gasteiger partial charge in [0.2, 0.25) is 0 Å². The lowest BCUT2D eigenvalue weighted by atomic mass is 10.2. The molecule has 0 atom stereocenters. The Morgan fingerprint density at radius 2 is 1.77 bits per heavy atom. The van der Waals surface area contributed by atoms with Crippen LogP contribution in [0.4, 0.5) is 0 Å². The van der Waals surface area contributed by atoms with Gasteiger partial charge in [0.15, 0.2) is 18.1 Å². The molecule has 2 rings (SSSR count).